The molecule has 1 unspecified atom stereocenters. The van der Waals surface area contributed by atoms with Gasteiger partial charge in [-0.2, -0.15) is 0 Å². The van der Waals surface area contributed by atoms with Crippen molar-refractivity contribution in [1.82, 2.24) is 4.57 Å². The number of hydrogen-bond acceptors (Lipinski definition) is 4. The van der Waals surface area contributed by atoms with Gasteiger partial charge in [-0.3, -0.25) is 0 Å². The minimum atomic E-state index is -0.785. The van der Waals surface area contributed by atoms with Crippen molar-refractivity contribution >= 4 is 23.2 Å². The van der Waals surface area contributed by atoms with Crippen molar-refractivity contribution in [2.24, 2.45) is 0 Å². The third-order valence-corrected chi connectivity index (χ3v) is 4.04. The molecular formula is C17H20Cl2FNO4. The first-order valence-corrected chi connectivity index (χ1v) is 8.38. The molecule has 1 aromatic heterocycles. The van der Waals surface area contributed by atoms with Crippen LogP contribution in [0.25, 0.3) is 5.69 Å². The smallest absolute Gasteiger partial charge is 0.425 e. The molecule has 0 N–H and O–H groups in total. The van der Waals surface area contributed by atoms with Gasteiger partial charge in [-0.1, -0.05) is 44.0 Å². The zero-order valence-electron chi connectivity index (χ0n) is 14.7. The maximum atomic E-state index is 14.4. The molecule has 0 bridgehead atoms. The molecule has 1 heterocycles. The number of aromatic nitrogens is 1. The first-order chi connectivity index (χ1) is 11.6. The average Bonchev–Trinajstić information content (AvgIpc) is 2.78. The van der Waals surface area contributed by atoms with Crippen LogP contribution in [0.15, 0.2) is 21.3 Å². The average molecular weight is 392 g/mol. The summed E-state index contributed by atoms with van der Waals surface area (Å²) in [5, 5.41) is 0.0857. The van der Waals surface area contributed by atoms with Crippen LogP contribution in [0, 0.1) is 5.82 Å². The van der Waals surface area contributed by atoms with E-state index in [4.69, 9.17) is 37.1 Å². The van der Waals surface area contributed by atoms with Gasteiger partial charge in [0.05, 0.1) is 17.3 Å². The molecule has 0 radical (unpaired) electrons. The molecule has 0 aliphatic rings. The molecule has 2 aromatic rings. The molecule has 0 aliphatic heterocycles. The highest BCUT2D eigenvalue weighted by atomic mass is 35.5. The summed E-state index contributed by atoms with van der Waals surface area (Å²) in [7, 11) is 1.54. The molecule has 0 saturated carbocycles. The van der Waals surface area contributed by atoms with Gasteiger partial charge in [-0.25, -0.2) is 13.8 Å². The molecule has 0 spiro atoms. The van der Waals surface area contributed by atoms with Crippen LogP contribution in [0.2, 0.25) is 10.2 Å². The largest absolute Gasteiger partial charge is 0.487 e. The number of nitrogens with zero attached hydrogens (tertiary/aromatic N) is 1. The van der Waals surface area contributed by atoms with Crippen LogP contribution in [-0.4, -0.2) is 24.4 Å². The molecule has 0 aliphatic carbocycles. The van der Waals surface area contributed by atoms with Crippen molar-refractivity contribution in [2.45, 2.75) is 39.2 Å². The Balaban J connectivity index is 2.57. The van der Waals surface area contributed by atoms with Crippen LogP contribution in [0.3, 0.4) is 0 Å². The topological polar surface area (TPSA) is 53.6 Å². The highest BCUT2D eigenvalue weighted by Crippen LogP contribution is 2.34. The Morgan fingerprint density at radius 1 is 1.32 bits per heavy atom. The number of rotatable bonds is 5. The zero-order chi connectivity index (χ0) is 18.9. The number of ether oxygens (including phenoxy) is 2. The minimum Gasteiger partial charge on any atom is -0.487 e. The predicted octanol–water partition coefficient (Wildman–Crippen LogP) is 4.59. The van der Waals surface area contributed by atoms with Crippen molar-refractivity contribution in [3.8, 4) is 11.4 Å². The third kappa shape index (κ3) is 4.19. The first-order valence-electron chi connectivity index (χ1n) is 7.63. The molecular weight excluding hydrogens is 372 g/mol. The van der Waals surface area contributed by atoms with Crippen molar-refractivity contribution in [3.05, 3.63) is 44.4 Å². The molecule has 8 heteroatoms. The summed E-state index contributed by atoms with van der Waals surface area (Å²) in [6.45, 7) is 7.60. The Morgan fingerprint density at radius 3 is 2.48 bits per heavy atom. The number of hydrogen-bond donors (Lipinski definition) is 0. The van der Waals surface area contributed by atoms with E-state index in [0.29, 0.717) is 6.61 Å². The third-order valence-electron chi connectivity index (χ3n) is 3.41. The Kier molecular flexibility index (Phi) is 5.86. The van der Waals surface area contributed by atoms with Crippen molar-refractivity contribution < 1.29 is 18.3 Å². The maximum absolute atomic E-state index is 14.4. The molecule has 0 saturated heterocycles. The second-order valence-corrected chi connectivity index (χ2v) is 7.46. The fourth-order valence-corrected chi connectivity index (χ4v) is 2.97. The lowest BCUT2D eigenvalue weighted by atomic mass is 9.94. The van der Waals surface area contributed by atoms with Gasteiger partial charge in [0.25, 0.3) is 0 Å². The van der Waals surface area contributed by atoms with Crippen molar-refractivity contribution in [2.75, 3.05) is 13.7 Å². The number of halogens is 3. The van der Waals surface area contributed by atoms with Gasteiger partial charge < -0.3 is 13.9 Å². The SMILES string of the molecule is COCC(C)Oc1cc(-n2c(Cl)c(C(C)(C)C)oc2=O)c(F)cc1Cl. The van der Waals surface area contributed by atoms with Crippen LogP contribution in [0.5, 0.6) is 5.75 Å². The van der Waals surface area contributed by atoms with E-state index in [-0.39, 0.29) is 33.5 Å². The lowest BCUT2D eigenvalue weighted by Gasteiger charge is -2.17. The molecule has 138 valence electrons. The highest BCUT2D eigenvalue weighted by molar-refractivity contribution is 6.32. The molecule has 1 aromatic carbocycles. The van der Waals surface area contributed by atoms with E-state index in [0.717, 1.165) is 10.6 Å². The molecule has 1 atom stereocenters. The quantitative estimate of drug-likeness (QED) is 0.747. The Hall–Kier alpha value is -1.50. The predicted molar refractivity (Wildman–Crippen MR) is 94.9 cm³/mol. The van der Waals surface area contributed by atoms with E-state index < -0.39 is 17.0 Å². The standard InChI is InChI=1S/C17H20Cl2FNO4/c1-9(8-23-5)24-13-7-12(11(20)6-10(13)18)21-15(19)14(17(2,3)4)25-16(21)22/h6-7,9H,8H2,1-5H3. The molecule has 5 nitrogen and oxygen atoms in total. The Morgan fingerprint density at radius 2 is 1.96 bits per heavy atom. The molecule has 25 heavy (non-hydrogen) atoms. The van der Waals surface area contributed by atoms with E-state index in [1.54, 1.807) is 6.92 Å². The summed E-state index contributed by atoms with van der Waals surface area (Å²) in [6, 6.07) is 2.39. The van der Waals surface area contributed by atoms with Crippen molar-refractivity contribution in [1.29, 1.82) is 0 Å². The zero-order valence-corrected chi connectivity index (χ0v) is 16.2. The van der Waals surface area contributed by atoms with Gasteiger partial charge in [-0.15, -0.1) is 0 Å². The van der Waals surface area contributed by atoms with Crippen LogP contribution in [0.4, 0.5) is 4.39 Å². The summed E-state index contributed by atoms with van der Waals surface area (Å²) in [6.07, 6.45) is -0.317. The number of benzene rings is 1. The number of oxazole rings is 1. The Bertz CT molecular complexity index is 823. The van der Waals surface area contributed by atoms with Gasteiger partial charge in [0, 0.05) is 18.6 Å². The van der Waals surface area contributed by atoms with Crippen LogP contribution < -0.4 is 10.5 Å². The second kappa shape index (κ2) is 7.40. The first kappa shape index (κ1) is 19.8. The second-order valence-electron chi connectivity index (χ2n) is 6.69. The summed E-state index contributed by atoms with van der Waals surface area (Å²) in [5.41, 5.74) is -0.616. The van der Waals surface area contributed by atoms with Crippen LogP contribution >= 0.6 is 23.2 Å². The summed E-state index contributed by atoms with van der Waals surface area (Å²) in [4.78, 5) is 12.2. The van der Waals surface area contributed by atoms with E-state index >= 15 is 0 Å². The van der Waals surface area contributed by atoms with E-state index in [1.165, 1.54) is 13.2 Å². The summed E-state index contributed by atoms with van der Waals surface area (Å²) >= 11 is 12.3. The van der Waals surface area contributed by atoms with Gasteiger partial charge in [0.15, 0.2) is 10.9 Å². The molecule has 0 amide bonds. The van der Waals surface area contributed by atoms with E-state index in [1.807, 2.05) is 20.8 Å². The highest BCUT2D eigenvalue weighted by Gasteiger charge is 2.28. The van der Waals surface area contributed by atoms with Crippen molar-refractivity contribution in [3.63, 3.8) is 0 Å². The van der Waals surface area contributed by atoms with Crippen LogP contribution in [-0.2, 0) is 10.2 Å². The van der Waals surface area contributed by atoms with Gasteiger partial charge in [0.2, 0.25) is 0 Å². The lowest BCUT2D eigenvalue weighted by Crippen LogP contribution is -2.19. The maximum Gasteiger partial charge on any atom is 0.425 e. The normalized spacial score (nSPS) is 13.1. The lowest BCUT2D eigenvalue weighted by molar-refractivity contribution is 0.0921. The van der Waals surface area contributed by atoms with Crippen LogP contribution in [0.1, 0.15) is 33.5 Å². The van der Waals surface area contributed by atoms with E-state index in [2.05, 4.69) is 0 Å². The fourth-order valence-electron chi connectivity index (χ4n) is 2.29. The van der Waals surface area contributed by atoms with E-state index in [9.17, 15) is 9.18 Å². The minimum absolute atomic E-state index is 0.00890. The number of methoxy groups -OCH3 is 1. The monoisotopic (exact) mass is 391 g/mol. The van der Waals surface area contributed by atoms with Gasteiger partial charge in [-0.05, 0) is 13.0 Å². The summed E-state index contributed by atoms with van der Waals surface area (Å²) in [5.74, 6) is -1.03. The van der Waals surface area contributed by atoms with Gasteiger partial charge in [0.1, 0.15) is 17.7 Å². The molecule has 2 rings (SSSR count). The summed E-state index contributed by atoms with van der Waals surface area (Å²) < 4.78 is 31.3. The fraction of sp³-hybridized carbons (Fsp3) is 0.471. The Labute approximate surface area is 155 Å². The molecule has 0 fully saturated rings. The van der Waals surface area contributed by atoms with Gasteiger partial charge >= 0.3 is 5.76 Å².